The second kappa shape index (κ2) is 6.13. The van der Waals surface area contributed by atoms with E-state index in [4.69, 9.17) is 0 Å². The summed E-state index contributed by atoms with van der Waals surface area (Å²) in [5, 5.41) is 5.10. The van der Waals surface area contributed by atoms with Crippen LogP contribution in [-0.4, -0.2) is 22.4 Å². The third-order valence-corrected chi connectivity index (χ3v) is 5.05. The summed E-state index contributed by atoms with van der Waals surface area (Å²) in [6.45, 7) is 0. The van der Waals surface area contributed by atoms with Gasteiger partial charge in [0.2, 0.25) is 0 Å². The predicted molar refractivity (Wildman–Crippen MR) is 94.0 cm³/mol. The van der Waals surface area contributed by atoms with Crippen LogP contribution in [0.2, 0.25) is 0 Å². The number of para-hydroxylation sites is 1. The van der Waals surface area contributed by atoms with Crippen molar-refractivity contribution < 1.29 is 9.18 Å². The zero-order valence-corrected chi connectivity index (χ0v) is 13.5. The Kier molecular flexibility index (Phi) is 3.82. The highest BCUT2D eigenvalue weighted by Crippen LogP contribution is 2.30. The number of aromatic amines is 1. The Morgan fingerprint density at radius 2 is 2.12 bits per heavy atom. The summed E-state index contributed by atoms with van der Waals surface area (Å²) in [7, 11) is 0. The fourth-order valence-electron chi connectivity index (χ4n) is 2.80. The first-order valence-electron chi connectivity index (χ1n) is 7.58. The predicted octanol–water partition coefficient (Wildman–Crippen LogP) is 3.94. The smallest absolute Gasteiger partial charge is 0.273 e. The third-order valence-electron chi connectivity index (χ3n) is 3.98. The van der Waals surface area contributed by atoms with Gasteiger partial charge in [-0.25, -0.2) is 9.82 Å². The number of nitrogens with one attached hydrogen (secondary N) is 2. The Bertz CT molecular complexity index is 964. The van der Waals surface area contributed by atoms with Gasteiger partial charge in [0.25, 0.3) is 5.91 Å². The van der Waals surface area contributed by atoms with E-state index in [2.05, 4.69) is 15.5 Å². The Morgan fingerprint density at radius 1 is 1.25 bits per heavy atom. The highest BCUT2D eigenvalue weighted by Gasteiger charge is 2.18. The van der Waals surface area contributed by atoms with Crippen molar-refractivity contribution in [3.05, 3.63) is 65.6 Å². The lowest BCUT2D eigenvalue weighted by atomic mass is 10.1. The molecule has 0 fully saturated rings. The molecular weight excluding hydrogens is 325 g/mol. The molecule has 2 heterocycles. The van der Waals surface area contributed by atoms with Gasteiger partial charge in [-0.1, -0.05) is 18.2 Å². The number of halogens is 1. The number of hydrazone groups is 1. The van der Waals surface area contributed by atoms with E-state index in [0.29, 0.717) is 17.7 Å². The number of amides is 1. The Labute approximate surface area is 142 Å². The molecule has 0 saturated carbocycles. The van der Waals surface area contributed by atoms with Crippen LogP contribution in [0.25, 0.3) is 10.9 Å². The first kappa shape index (κ1) is 15.0. The molecule has 1 aliphatic rings. The van der Waals surface area contributed by atoms with Gasteiger partial charge in [-0.2, -0.15) is 5.10 Å². The van der Waals surface area contributed by atoms with E-state index < -0.39 is 0 Å². The van der Waals surface area contributed by atoms with Gasteiger partial charge in [0, 0.05) is 39.7 Å². The highest BCUT2D eigenvalue weighted by molar-refractivity contribution is 7.99. The minimum Gasteiger partial charge on any atom is -0.360 e. The number of rotatable bonds is 2. The normalized spacial score (nSPS) is 15.5. The summed E-state index contributed by atoms with van der Waals surface area (Å²) < 4.78 is 13.5. The Balaban J connectivity index is 1.62. The van der Waals surface area contributed by atoms with Gasteiger partial charge >= 0.3 is 0 Å². The fourth-order valence-corrected chi connectivity index (χ4v) is 3.81. The molecule has 120 valence electrons. The number of carbonyl (C=O) groups is 1. The van der Waals surface area contributed by atoms with Crippen LogP contribution in [-0.2, 0) is 0 Å². The molecule has 6 heteroatoms. The first-order chi connectivity index (χ1) is 11.7. The fraction of sp³-hybridized carbons (Fsp3) is 0.111. The standard InChI is InChI=1S/C18H14FN3OS/c19-11-5-6-17-13(9-11)16(7-8-24-17)21-22-18(23)14-10-20-15-4-2-1-3-12(14)15/h1-6,9-10,20H,7-8H2,(H,22,23)/b21-16+. The van der Waals surface area contributed by atoms with Crippen LogP contribution in [0.15, 0.2) is 58.7 Å². The minimum absolute atomic E-state index is 0.281. The zero-order valence-electron chi connectivity index (χ0n) is 12.7. The molecule has 1 amide bonds. The largest absolute Gasteiger partial charge is 0.360 e. The number of nitrogens with zero attached hydrogens (tertiary/aromatic N) is 1. The van der Waals surface area contributed by atoms with Crippen LogP contribution < -0.4 is 5.43 Å². The van der Waals surface area contributed by atoms with Crippen molar-refractivity contribution in [3.63, 3.8) is 0 Å². The van der Waals surface area contributed by atoms with Crippen molar-refractivity contribution in [1.29, 1.82) is 0 Å². The lowest BCUT2D eigenvalue weighted by Gasteiger charge is -2.17. The molecule has 0 bridgehead atoms. The molecule has 1 aliphatic heterocycles. The maximum absolute atomic E-state index is 13.5. The molecule has 4 nitrogen and oxygen atoms in total. The molecular formula is C18H14FN3OS. The molecule has 0 spiro atoms. The van der Waals surface area contributed by atoms with Gasteiger partial charge in [-0.3, -0.25) is 4.79 Å². The highest BCUT2D eigenvalue weighted by atomic mass is 32.2. The maximum Gasteiger partial charge on any atom is 0.273 e. The van der Waals surface area contributed by atoms with E-state index in [1.54, 1.807) is 24.0 Å². The quantitative estimate of drug-likeness (QED) is 0.695. The van der Waals surface area contributed by atoms with E-state index >= 15 is 0 Å². The van der Waals surface area contributed by atoms with Gasteiger partial charge < -0.3 is 4.98 Å². The second-order valence-electron chi connectivity index (χ2n) is 5.49. The molecule has 2 N–H and O–H groups in total. The molecule has 0 unspecified atom stereocenters. The summed E-state index contributed by atoms with van der Waals surface area (Å²) in [5.74, 6) is 0.281. The summed E-state index contributed by atoms with van der Waals surface area (Å²) in [6.07, 6.45) is 2.36. The molecule has 24 heavy (non-hydrogen) atoms. The van der Waals surface area contributed by atoms with Crippen molar-refractivity contribution in [2.75, 3.05) is 5.75 Å². The number of carbonyl (C=O) groups excluding carboxylic acids is 1. The Hall–Kier alpha value is -2.60. The summed E-state index contributed by atoms with van der Waals surface area (Å²) in [4.78, 5) is 16.5. The van der Waals surface area contributed by atoms with Crippen LogP contribution in [0.5, 0.6) is 0 Å². The molecule has 4 rings (SSSR count). The summed E-state index contributed by atoms with van der Waals surface area (Å²) in [5.41, 5.74) is 5.51. The van der Waals surface area contributed by atoms with Gasteiger partial charge in [-0.05, 0) is 24.3 Å². The number of hydrogen-bond acceptors (Lipinski definition) is 3. The van der Waals surface area contributed by atoms with E-state index in [1.807, 2.05) is 24.3 Å². The first-order valence-corrected chi connectivity index (χ1v) is 8.57. The van der Waals surface area contributed by atoms with Crippen molar-refractivity contribution in [1.82, 2.24) is 10.4 Å². The summed E-state index contributed by atoms with van der Waals surface area (Å²) in [6, 6.07) is 12.3. The SMILES string of the molecule is O=C(N/N=C1\CCSc2ccc(F)cc21)c1c[nH]c2ccccc12. The number of thioether (sulfide) groups is 1. The van der Waals surface area contributed by atoms with Crippen molar-refractivity contribution in [3.8, 4) is 0 Å². The van der Waals surface area contributed by atoms with E-state index in [-0.39, 0.29) is 11.7 Å². The number of H-pyrrole nitrogens is 1. The van der Waals surface area contributed by atoms with E-state index in [9.17, 15) is 9.18 Å². The molecule has 0 radical (unpaired) electrons. The lowest BCUT2D eigenvalue weighted by molar-refractivity contribution is 0.0956. The molecule has 0 atom stereocenters. The van der Waals surface area contributed by atoms with E-state index in [1.165, 1.54) is 12.1 Å². The van der Waals surface area contributed by atoms with Crippen LogP contribution >= 0.6 is 11.8 Å². The third kappa shape index (κ3) is 2.69. The average molecular weight is 339 g/mol. The zero-order chi connectivity index (χ0) is 16.5. The number of fused-ring (bicyclic) bond motifs is 2. The van der Waals surface area contributed by atoms with Crippen molar-refractivity contribution >= 4 is 34.3 Å². The topological polar surface area (TPSA) is 57.2 Å². The van der Waals surface area contributed by atoms with Gasteiger partial charge in [0.1, 0.15) is 5.82 Å². The van der Waals surface area contributed by atoms with Crippen LogP contribution in [0.3, 0.4) is 0 Å². The number of benzene rings is 2. The molecule has 0 saturated heterocycles. The number of aromatic nitrogens is 1. The average Bonchev–Trinajstić information content (AvgIpc) is 3.04. The van der Waals surface area contributed by atoms with Gasteiger partial charge in [0.05, 0.1) is 11.3 Å². The summed E-state index contributed by atoms with van der Waals surface area (Å²) >= 11 is 1.67. The molecule has 1 aromatic heterocycles. The van der Waals surface area contributed by atoms with Crippen LogP contribution in [0.4, 0.5) is 4.39 Å². The maximum atomic E-state index is 13.5. The number of hydrogen-bond donors (Lipinski definition) is 2. The van der Waals surface area contributed by atoms with Crippen LogP contribution in [0, 0.1) is 5.82 Å². The van der Waals surface area contributed by atoms with Crippen molar-refractivity contribution in [2.24, 2.45) is 5.10 Å². The molecule has 0 aliphatic carbocycles. The van der Waals surface area contributed by atoms with E-state index in [0.717, 1.165) is 27.1 Å². The molecule has 2 aromatic carbocycles. The van der Waals surface area contributed by atoms with Crippen LogP contribution in [0.1, 0.15) is 22.3 Å². The van der Waals surface area contributed by atoms with Crippen molar-refractivity contribution in [2.45, 2.75) is 11.3 Å². The van der Waals surface area contributed by atoms with Gasteiger partial charge in [0.15, 0.2) is 0 Å². The second-order valence-corrected chi connectivity index (χ2v) is 6.62. The lowest BCUT2D eigenvalue weighted by Crippen LogP contribution is -2.21. The molecule has 3 aromatic rings. The Morgan fingerprint density at radius 3 is 3.04 bits per heavy atom. The monoisotopic (exact) mass is 339 g/mol. The van der Waals surface area contributed by atoms with Gasteiger partial charge in [-0.15, -0.1) is 11.8 Å². The minimum atomic E-state index is -0.299.